The third-order valence-electron chi connectivity index (χ3n) is 1.34. The van der Waals surface area contributed by atoms with Gasteiger partial charge in [0.05, 0.1) is 0 Å². The highest BCUT2D eigenvalue weighted by atomic mass is 32.2. The number of nitrogens with zero attached hydrogens (tertiary/aromatic N) is 3. The fraction of sp³-hybridized carbons (Fsp3) is 0. The summed E-state index contributed by atoms with van der Waals surface area (Å²) in [5.41, 5.74) is 0. The molecule has 2 aromatic heterocycles. The maximum atomic E-state index is 10.3. The van der Waals surface area contributed by atoms with Crippen LogP contribution >= 0.6 is 0 Å². The second-order valence-corrected chi connectivity index (χ2v) is 3.85. The number of hydrogen-bond donors (Lipinski definition) is 1. The Balaban J connectivity index is 0.000000316. The van der Waals surface area contributed by atoms with Gasteiger partial charge in [-0.3, -0.25) is 14.2 Å². The first-order chi connectivity index (χ1) is 7.61. The molecule has 0 spiro atoms. The number of hydrogen-bond acceptors (Lipinski definition) is 5. The Labute approximate surface area is 97.5 Å². The molecule has 0 aromatic carbocycles. The lowest BCUT2D eigenvalue weighted by atomic mass is 10.5. The Hall–Kier alpha value is -1.93. The maximum absolute atomic E-state index is 10.3. The first-order valence-electron chi connectivity index (χ1n) is 4.20. The van der Waals surface area contributed by atoms with Gasteiger partial charge in [-0.2, -0.15) is 8.42 Å². The van der Waals surface area contributed by atoms with E-state index in [1.54, 1.807) is 12.4 Å². The van der Waals surface area contributed by atoms with Crippen molar-refractivity contribution in [3.8, 4) is 0 Å². The van der Waals surface area contributed by atoms with Crippen molar-refractivity contribution in [1.82, 2.24) is 15.0 Å². The minimum absolute atomic E-state index is 0. The van der Waals surface area contributed by atoms with Gasteiger partial charge in [0.2, 0.25) is 0 Å². The summed E-state index contributed by atoms with van der Waals surface area (Å²) in [6.45, 7) is 0. The molecule has 2 heterocycles. The smallest absolute Gasteiger partial charge is 0.279 e. The van der Waals surface area contributed by atoms with Gasteiger partial charge >= 0.3 is 10.1 Å². The molecule has 0 atom stereocenters. The van der Waals surface area contributed by atoms with E-state index in [9.17, 15) is 8.42 Å². The van der Waals surface area contributed by atoms with Crippen LogP contribution in [0.2, 0.25) is 0 Å². The maximum Gasteiger partial charge on any atom is 0.330 e. The largest absolute Gasteiger partial charge is 0.330 e. The van der Waals surface area contributed by atoms with Gasteiger partial charge in [-0.1, -0.05) is 6.07 Å². The van der Waals surface area contributed by atoms with Crippen LogP contribution in [0.3, 0.4) is 0 Å². The normalized spacial score (nSPS) is 9.47. The summed E-state index contributed by atoms with van der Waals surface area (Å²) in [4.78, 5) is 10.4. The molecule has 1 N–H and O–H groups in total. The van der Waals surface area contributed by atoms with Crippen LogP contribution in [0.15, 0.2) is 54.2 Å². The van der Waals surface area contributed by atoms with Crippen molar-refractivity contribution in [2.24, 2.45) is 0 Å². The summed E-state index contributed by atoms with van der Waals surface area (Å²) in [6.07, 6.45) is 5.96. The van der Waals surface area contributed by atoms with Crippen molar-refractivity contribution in [2.75, 3.05) is 0 Å². The lowest BCUT2D eigenvalue weighted by Crippen LogP contribution is -2.02. The molecule has 0 aliphatic rings. The SMILES string of the molecule is F.O=S(=O)(O)c1ncccn1.c1ccncc1. The highest BCUT2D eigenvalue weighted by Gasteiger charge is 2.10. The third kappa shape index (κ3) is 6.28. The molecule has 17 heavy (non-hydrogen) atoms. The molecule has 0 fully saturated rings. The molecule has 0 bridgehead atoms. The summed E-state index contributed by atoms with van der Waals surface area (Å²) in [6, 6.07) is 7.17. The zero-order valence-corrected chi connectivity index (χ0v) is 9.36. The van der Waals surface area contributed by atoms with E-state index in [1.807, 2.05) is 18.2 Å². The monoisotopic (exact) mass is 259 g/mol. The molecule has 2 aromatic rings. The summed E-state index contributed by atoms with van der Waals surface area (Å²) >= 11 is 0. The Kier molecular flexibility index (Phi) is 6.53. The average Bonchev–Trinajstić information content (AvgIpc) is 2.32. The van der Waals surface area contributed by atoms with E-state index in [2.05, 4.69) is 15.0 Å². The quantitative estimate of drug-likeness (QED) is 0.605. The van der Waals surface area contributed by atoms with Gasteiger partial charge < -0.3 is 0 Å². The molecule has 0 aliphatic carbocycles. The van der Waals surface area contributed by atoms with E-state index in [0.717, 1.165) is 0 Å². The van der Waals surface area contributed by atoms with Gasteiger partial charge in [0.1, 0.15) is 0 Å². The number of aromatic nitrogens is 3. The second-order valence-electron chi connectivity index (χ2n) is 2.53. The predicted octanol–water partition coefficient (Wildman–Crippen LogP) is 0.957. The van der Waals surface area contributed by atoms with Gasteiger partial charge in [-0.25, -0.2) is 9.97 Å². The molecular weight excluding hydrogens is 249 g/mol. The molecule has 6 nitrogen and oxygen atoms in total. The first kappa shape index (κ1) is 15.1. The van der Waals surface area contributed by atoms with E-state index < -0.39 is 15.3 Å². The summed E-state index contributed by atoms with van der Waals surface area (Å²) in [7, 11) is -4.23. The van der Waals surface area contributed by atoms with Crippen molar-refractivity contribution < 1.29 is 17.7 Å². The highest BCUT2D eigenvalue weighted by Crippen LogP contribution is 1.95. The van der Waals surface area contributed by atoms with Crippen LogP contribution in [-0.4, -0.2) is 27.9 Å². The minimum Gasteiger partial charge on any atom is -0.279 e. The molecule has 2 rings (SSSR count). The molecular formula is C9H10FN3O3S. The Morgan fingerprint density at radius 2 is 1.41 bits per heavy atom. The molecule has 0 aliphatic heterocycles. The van der Waals surface area contributed by atoms with Crippen LogP contribution in [-0.2, 0) is 10.1 Å². The van der Waals surface area contributed by atoms with Crippen LogP contribution < -0.4 is 0 Å². The van der Waals surface area contributed by atoms with E-state index in [4.69, 9.17) is 4.55 Å². The van der Waals surface area contributed by atoms with E-state index in [0.29, 0.717) is 0 Å². The number of pyridine rings is 1. The molecule has 0 amide bonds. The summed E-state index contributed by atoms with van der Waals surface area (Å²) < 4.78 is 28.9. The van der Waals surface area contributed by atoms with Gasteiger partial charge in [-0.05, 0) is 18.2 Å². The van der Waals surface area contributed by atoms with Gasteiger partial charge in [0, 0.05) is 24.8 Å². The standard InChI is InChI=1S/C5H5N.C4H4N2O3S.FH/c1-2-4-6-5-3-1;7-10(8,9)4-5-2-1-3-6-4;/h1-5H;1-3H,(H,7,8,9);1H. The third-order valence-corrected chi connectivity index (χ3v) is 2.01. The fourth-order valence-electron chi connectivity index (χ4n) is 0.731. The van der Waals surface area contributed by atoms with Crippen molar-refractivity contribution in [1.29, 1.82) is 0 Å². The first-order valence-corrected chi connectivity index (χ1v) is 5.64. The lowest BCUT2D eigenvalue weighted by Gasteiger charge is -1.89. The topological polar surface area (TPSA) is 93.0 Å². The Morgan fingerprint density at radius 3 is 1.65 bits per heavy atom. The number of halogens is 1. The van der Waals surface area contributed by atoms with E-state index in [-0.39, 0.29) is 4.70 Å². The summed E-state index contributed by atoms with van der Waals surface area (Å²) in [5, 5.41) is -0.574. The zero-order valence-electron chi connectivity index (χ0n) is 8.54. The van der Waals surface area contributed by atoms with Crippen molar-refractivity contribution >= 4 is 10.1 Å². The molecule has 0 unspecified atom stereocenters. The van der Waals surface area contributed by atoms with E-state index in [1.165, 1.54) is 18.5 Å². The predicted molar refractivity (Wildman–Crippen MR) is 58.6 cm³/mol. The van der Waals surface area contributed by atoms with Gasteiger partial charge in [0.25, 0.3) is 5.16 Å². The Bertz CT molecular complexity index is 481. The van der Waals surface area contributed by atoms with Crippen LogP contribution in [0.5, 0.6) is 0 Å². The minimum atomic E-state index is -4.23. The molecule has 0 saturated carbocycles. The molecule has 8 heteroatoms. The van der Waals surface area contributed by atoms with Crippen LogP contribution in [0.25, 0.3) is 0 Å². The molecule has 0 radical (unpaired) electrons. The average molecular weight is 259 g/mol. The highest BCUT2D eigenvalue weighted by molar-refractivity contribution is 7.85. The lowest BCUT2D eigenvalue weighted by molar-refractivity contribution is 0.474. The van der Waals surface area contributed by atoms with E-state index >= 15 is 0 Å². The zero-order chi connectivity index (χ0) is 11.9. The van der Waals surface area contributed by atoms with Crippen LogP contribution in [0, 0.1) is 0 Å². The molecule has 92 valence electrons. The van der Waals surface area contributed by atoms with Gasteiger partial charge in [-0.15, -0.1) is 0 Å². The summed E-state index contributed by atoms with van der Waals surface area (Å²) in [5.74, 6) is 0. The fourth-order valence-corrected chi connectivity index (χ4v) is 1.12. The number of rotatable bonds is 1. The van der Waals surface area contributed by atoms with Crippen molar-refractivity contribution in [3.63, 3.8) is 0 Å². The second kappa shape index (κ2) is 7.36. The van der Waals surface area contributed by atoms with Crippen molar-refractivity contribution in [3.05, 3.63) is 49.1 Å². The van der Waals surface area contributed by atoms with Crippen molar-refractivity contribution in [2.45, 2.75) is 5.16 Å². The molecule has 0 saturated heterocycles. The van der Waals surface area contributed by atoms with Gasteiger partial charge in [0.15, 0.2) is 0 Å². The van der Waals surface area contributed by atoms with Crippen LogP contribution in [0.4, 0.5) is 4.70 Å². The van der Waals surface area contributed by atoms with Crippen LogP contribution in [0.1, 0.15) is 0 Å². The Morgan fingerprint density at radius 1 is 0.882 bits per heavy atom.